The Bertz CT molecular complexity index is 551. The van der Waals surface area contributed by atoms with Crippen LogP contribution in [0, 0.1) is 10.1 Å². The van der Waals surface area contributed by atoms with E-state index in [0.717, 1.165) is 12.2 Å². The molecule has 0 unspecified atom stereocenters. The second-order valence-electron chi connectivity index (χ2n) is 3.81. The normalized spacial score (nSPS) is 9.52. The zero-order valence-electron chi connectivity index (χ0n) is 11.1. The van der Waals surface area contributed by atoms with Crippen LogP contribution >= 0.6 is 0 Å². The molecule has 110 valence electrons. The van der Waals surface area contributed by atoms with Gasteiger partial charge >= 0.3 is 11.9 Å². The average Bonchev–Trinajstić information content (AvgIpc) is 2.49. The van der Waals surface area contributed by atoms with Gasteiger partial charge in [0, 0.05) is 12.2 Å². The molecule has 0 aliphatic heterocycles. The van der Waals surface area contributed by atoms with Crippen LogP contribution in [0.5, 0.6) is 0 Å². The van der Waals surface area contributed by atoms with Crippen LogP contribution in [0.25, 0.3) is 0 Å². The molecule has 0 saturated heterocycles. The number of benzene rings is 1. The first-order chi connectivity index (χ1) is 9.99. The Balaban J connectivity index is 3.00. The summed E-state index contributed by atoms with van der Waals surface area (Å²) in [5.41, 5.74) is 0.135. The maximum atomic E-state index is 11.2. The van der Waals surface area contributed by atoms with Crippen molar-refractivity contribution < 1.29 is 24.0 Å². The van der Waals surface area contributed by atoms with Crippen LogP contribution < -0.4 is 0 Å². The monoisotopic (exact) mass is 291 g/mol. The largest absolute Gasteiger partial charge is 0.457 e. The average molecular weight is 291 g/mol. The van der Waals surface area contributed by atoms with Crippen molar-refractivity contribution in [3.8, 4) is 0 Å². The number of nitro groups is 1. The number of carbonyl (C=O) groups is 2. The lowest BCUT2D eigenvalue weighted by Gasteiger charge is -2.08. The highest BCUT2D eigenvalue weighted by Gasteiger charge is 2.21. The van der Waals surface area contributed by atoms with Crippen molar-refractivity contribution in [2.45, 2.75) is 13.2 Å². The fourth-order valence-corrected chi connectivity index (χ4v) is 1.53. The molecule has 1 aromatic rings. The first-order valence-corrected chi connectivity index (χ1v) is 5.83. The Morgan fingerprint density at radius 1 is 1.10 bits per heavy atom. The third-order valence-electron chi connectivity index (χ3n) is 2.46. The van der Waals surface area contributed by atoms with Crippen LogP contribution in [0.1, 0.15) is 11.1 Å². The van der Waals surface area contributed by atoms with Crippen LogP contribution in [0.3, 0.4) is 0 Å². The molecule has 1 aromatic carbocycles. The van der Waals surface area contributed by atoms with Crippen LogP contribution in [0.2, 0.25) is 0 Å². The minimum Gasteiger partial charge on any atom is -0.457 e. The van der Waals surface area contributed by atoms with E-state index in [1.54, 1.807) is 6.07 Å². The van der Waals surface area contributed by atoms with Crippen molar-refractivity contribution in [3.05, 3.63) is 64.8 Å². The zero-order chi connectivity index (χ0) is 15.8. The lowest BCUT2D eigenvalue weighted by molar-refractivity contribution is -0.386. The van der Waals surface area contributed by atoms with Gasteiger partial charge in [-0.1, -0.05) is 19.2 Å². The van der Waals surface area contributed by atoms with E-state index in [0.29, 0.717) is 0 Å². The fourth-order valence-electron chi connectivity index (χ4n) is 1.53. The fraction of sp³-hybridized carbons (Fsp3) is 0.143. The Labute approximate surface area is 120 Å². The quantitative estimate of drug-likeness (QED) is 0.330. The molecule has 1 rings (SSSR count). The lowest BCUT2D eigenvalue weighted by Crippen LogP contribution is -2.07. The van der Waals surface area contributed by atoms with Gasteiger partial charge in [-0.15, -0.1) is 0 Å². The summed E-state index contributed by atoms with van der Waals surface area (Å²) in [6, 6.07) is 4.45. The molecule has 0 saturated carbocycles. The van der Waals surface area contributed by atoms with Gasteiger partial charge in [-0.25, -0.2) is 9.59 Å². The molecule has 0 atom stereocenters. The third-order valence-corrected chi connectivity index (χ3v) is 2.46. The number of ether oxygens (including phenoxy) is 2. The molecule has 0 radical (unpaired) electrons. The van der Waals surface area contributed by atoms with Crippen LogP contribution in [0.4, 0.5) is 5.69 Å². The first-order valence-electron chi connectivity index (χ1n) is 5.83. The van der Waals surface area contributed by atoms with Crippen molar-refractivity contribution in [2.24, 2.45) is 0 Å². The molecule has 0 aliphatic rings. The van der Waals surface area contributed by atoms with Gasteiger partial charge in [-0.2, -0.15) is 0 Å². The molecule has 7 heteroatoms. The second kappa shape index (κ2) is 7.59. The molecule has 0 fully saturated rings. The predicted molar refractivity (Wildman–Crippen MR) is 73.1 cm³/mol. The highest BCUT2D eigenvalue weighted by Crippen LogP contribution is 2.25. The van der Waals surface area contributed by atoms with E-state index in [-0.39, 0.29) is 30.0 Å². The van der Waals surface area contributed by atoms with E-state index in [1.807, 2.05) is 0 Å². The topological polar surface area (TPSA) is 95.7 Å². The Morgan fingerprint density at radius 3 is 1.86 bits per heavy atom. The molecule has 0 aliphatic carbocycles. The number of carbonyl (C=O) groups excluding carboxylic acids is 2. The SMILES string of the molecule is C=CC(=O)OCc1cccc(COC(=O)C=C)c1[N+](=O)[O-]. The van der Waals surface area contributed by atoms with E-state index < -0.39 is 16.9 Å². The number of rotatable bonds is 7. The molecule has 7 nitrogen and oxygen atoms in total. The maximum Gasteiger partial charge on any atom is 0.330 e. The summed E-state index contributed by atoms with van der Waals surface area (Å²) < 4.78 is 9.57. The van der Waals surface area contributed by atoms with Crippen molar-refractivity contribution in [1.29, 1.82) is 0 Å². The molecule has 0 bridgehead atoms. The molecule has 21 heavy (non-hydrogen) atoms. The summed E-state index contributed by atoms with van der Waals surface area (Å²) in [7, 11) is 0. The first kappa shape index (κ1) is 16.1. The highest BCUT2D eigenvalue weighted by atomic mass is 16.6. The van der Waals surface area contributed by atoms with Gasteiger partial charge in [0.15, 0.2) is 0 Å². The highest BCUT2D eigenvalue weighted by molar-refractivity contribution is 5.81. The summed E-state index contributed by atoms with van der Waals surface area (Å²) in [5, 5.41) is 11.2. The van der Waals surface area contributed by atoms with Crippen molar-refractivity contribution in [2.75, 3.05) is 0 Å². The van der Waals surface area contributed by atoms with Gasteiger partial charge in [-0.3, -0.25) is 10.1 Å². The van der Waals surface area contributed by atoms with E-state index >= 15 is 0 Å². The maximum absolute atomic E-state index is 11.2. The number of nitrogens with zero attached hydrogens (tertiary/aromatic N) is 1. The summed E-state index contributed by atoms with van der Waals surface area (Å²) in [6.07, 6.45) is 1.92. The number of esters is 2. The van der Waals surface area contributed by atoms with Gasteiger partial charge in [0.2, 0.25) is 0 Å². The smallest absolute Gasteiger partial charge is 0.330 e. The molecule has 0 amide bonds. The number of hydrogen-bond acceptors (Lipinski definition) is 6. The molecular weight excluding hydrogens is 278 g/mol. The Morgan fingerprint density at radius 2 is 1.52 bits per heavy atom. The molecular formula is C14H13NO6. The summed E-state index contributed by atoms with van der Waals surface area (Å²) in [4.78, 5) is 32.6. The van der Waals surface area contributed by atoms with Gasteiger partial charge in [-0.05, 0) is 12.1 Å². The van der Waals surface area contributed by atoms with Crippen LogP contribution in [-0.4, -0.2) is 16.9 Å². The molecule has 0 spiro atoms. The third kappa shape index (κ3) is 4.57. The minimum atomic E-state index is -0.687. The standard InChI is InChI=1S/C14H13NO6/c1-3-12(16)20-8-10-6-5-7-11(14(10)15(18)19)9-21-13(17)4-2/h3-7H,1-2,8-9H2. The lowest BCUT2D eigenvalue weighted by atomic mass is 10.1. The Kier molecular flexibility index (Phi) is 5.81. The Hall–Kier alpha value is -2.96. The summed E-state index contributed by atoms with van der Waals surface area (Å²) in [5.74, 6) is -1.37. The van der Waals surface area contributed by atoms with Crippen LogP contribution in [0.15, 0.2) is 43.5 Å². The van der Waals surface area contributed by atoms with E-state index in [9.17, 15) is 19.7 Å². The number of para-hydroxylation sites is 1. The number of nitro benzene ring substituents is 1. The van der Waals surface area contributed by atoms with Crippen molar-refractivity contribution in [3.63, 3.8) is 0 Å². The zero-order valence-corrected chi connectivity index (χ0v) is 11.1. The van der Waals surface area contributed by atoms with E-state index in [4.69, 9.17) is 9.47 Å². The second-order valence-corrected chi connectivity index (χ2v) is 3.81. The van der Waals surface area contributed by atoms with E-state index in [1.165, 1.54) is 12.1 Å². The van der Waals surface area contributed by atoms with E-state index in [2.05, 4.69) is 13.2 Å². The van der Waals surface area contributed by atoms with Crippen LogP contribution in [-0.2, 0) is 32.3 Å². The minimum absolute atomic E-state index is 0.197. The summed E-state index contributed by atoms with van der Waals surface area (Å²) in [6.45, 7) is 5.92. The van der Waals surface area contributed by atoms with Crippen molar-refractivity contribution >= 4 is 17.6 Å². The van der Waals surface area contributed by atoms with Gasteiger partial charge in [0.05, 0.1) is 16.1 Å². The molecule has 0 N–H and O–H groups in total. The predicted octanol–water partition coefficient (Wildman–Crippen LogP) is 2.05. The van der Waals surface area contributed by atoms with Gasteiger partial charge in [0.25, 0.3) is 5.69 Å². The number of hydrogen-bond donors (Lipinski definition) is 0. The molecule has 0 aromatic heterocycles. The van der Waals surface area contributed by atoms with Gasteiger partial charge in [0.1, 0.15) is 13.2 Å². The van der Waals surface area contributed by atoms with Gasteiger partial charge < -0.3 is 9.47 Å². The molecule has 0 heterocycles. The van der Waals surface area contributed by atoms with Crippen molar-refractivity contribution in [1.82, 2.24) is 0 Å². The summed E-state index contributed by atoms with van der Waals surface area (Å²) >= 11 is 0.